The highest BCUT2D eigenvalue weighted by Crippen LogP contribution is 2.38. The molecule has 2 saturated heterocycles. The molecule has 2 fully saturated rings. The van der Waals surface area contributed by atoms with Crippen LogP contribution in [0.2, 0.25) is 0 Å². The summed E-state index contributed by atoms with van der Waals surface area (Å²) in [6, 6.07) is 0. The summed E-state index contributed by atoms with van der Waals surface area (Å²) in [4.78, 5) is 0. The van der Waals surface area contributed by atoms with E-state index in [2.05, 4.69) is 0 Å². The molecule has 0 aliphatic carbocycles. The van der Waals surface area contributed by atoms with Gasteiger partial charge in [0, 0.05) is 0 Å². The van der Waals surface area contributed by atoms with Crippen LogP contribution in [0.3, 0.4) is 0 Å². The van der Waals surface area contributed by atoms with Crippen molar-refractivity contribution in [3.05, 3.63) is 0 Å². The Morgan fingerprint density at radius 1 is 1.33 bits per heavy atom. The molecule has 0 aromatic carbocycles. The molecule has 15 heavy (non-hydrogen) atoms. The summed E-state index contributed by atoms with van der Waals surface area (Å²) in [5.74, 6) is -0.786. The molecule has 88 valence electrons. The number of fused-ring (bicyclic) bond motifs is 1. The average molecular weight is 220 g/mol. The Kier molecular flexibility index (Phi) is 2.74. The van der Waals surface area contributed by atoms with Gasteiger partial charge in [-0.3, -0.25) is 0 Å². The molecular formula is C9H16O6. The van der Waals surface area contributed by atoms with Crippen molar-refractivity contribution in [3.8, 4) is 0 Å². The van der Waals surface area contributed by atoms with Gasteiger partial charge in [0.05, 0.1) is 6.61 Å². The molecule has 5 atom stereocenters. The summed E-state index contributed by atoms with van der Waals surface area (Å²) in [6.45, 7) is 2.97. The van der Waals surface area contributed by atoms with Gasteiger partial charge in [-0.25, -0.2) is 0 Å². The van der Waals surface area contributed by atoms with Crippen LogP contribution < -0.4 is 0 Å². The van der Waals surface area contributed by atoms with Crippen LogP contribution >= 0.6 is 0 Å². The Labute approximate surface area is 87.4 Å². The fourth-order valence-electron chi connectivity index (χ4n) is 1.94. The molecule has 0 bridgehead atoms. The summed E-state index contributed by atoms with van der Waals surface area (Å²) < 4.78 is 16.1. The predicted octanol–water partition coefficient (Wildman–Crippen LogP) is -1.42. The van der Waals surface area contributed by atoms with Crippen molar-refractivity contribution in [3.63, 3.8) is 0 Å². The van der Waals surface area contributed by atoms with Gasteiger partial charge in [-0.15, -0.1) is 0 Å². The Morgan fingerprint density at radius 2 is 2.00 bits per heavy atom. The van der Waals surface area contributed by atoms with E-state index in [0.717, 1.165) is 0 Å². The fraction of sp³-hybridized carbons (Fsp3) is 1.00. The number of hydrogen-bond donors (Lipinski definition) is 3. The highest BCUT2D eigenvalue weighted by molar-refractivity contribution is 4.95. The van der Waals surface area contributed by atoms with E-state index >= 15 is 0 Å². The van der Waals surface area contributed by atoms with Crippen LogP contribution in [0.15, 0.2) is 0 Å². The first-order chi connectivity index (χ1) is 6.94. The zero-order valence-electron chi connectivity index (χ0n) is 8.66. The summed E-state index contributed by atoms with van der Waals surface area (Å²) in [7, 11) is 0. The molecule has 6 heteroatoms. The topological polar surface area (TPSA) is 88.4 Å². The van der Waals surface area contributed by atoms with Crippen LogP contribution in [0, 0.1) is 0 Å². The highest BCUT2D eigenvalue weighted by atomic mass is 16.8. The van der Waals surface area contributed by atoms with Gasteiger partial charge in [-0.2, -0.15) is 0 Å². The van der Waals surface area contributed by atoms with Gasteiger partial charge in [-0.05, 0) is 13.8 Å². The second-order valence-electron chi connectivity index (χ2n) is 4.31. The van der Waals surface area contributed by atoms with E-state index < -0.39 is 43.1 Å². The van der Waals surface area contributed by atoms with Crippen LogP contribution in [-0.4, -0.2) is 58.4 Å². The molecule has 3 N–H and O–H groups in total. The molecule has 0 unspecified atom stereocenters. The van der Waals surface area contributed by atoms with Crippen molar-refractivity contribution < 1.29 is 29.5 Å². The van der Waals surface area contributed by atoms with E-state index in [9.17, 15) is 10.2 Å². The second kappa shape index (κ2) is 3.65. The first kappa shape index (κ1) is 11.3. The molecule has 0 aromatic rings. The van der Waals surface area contributed by atoms with Crippen LogP contribution in [0.5, 0.6) is 0 Å². The van der Waals surface area contributed by atoms with Crippen molar-refractivity contribution >= 4 is 0 Å². The third-order valence-electron chi connectivity index (χ3n) is 2.62. The molecule has 0 radical (unpaired) electrons. The predicted molar refractivity (Wildman–Crippen MR) is 47.8 cm³/mol. The van der Waals surface area contributed by atoms with Gasteiger partial charge in [0.2, 0.25) is 0 Å². The summed E-state index contributed by atoms with van der Waals surface area (Å²) >= 11 is 0. The van der Waals surface area contributed by atoms with E-state index in [4.69, 9.17) is 19.3 Å². The lowest BCUT2D eigenvalue weighted by molar-refractivity contribution is -0.227. The van der Waals surface area contributed by atoms with E-state index in [0.29, 0.717) is 0 Å². The molecule has 2 aliphatic rings. The van der Waals surface area contributed by atoms with Gasteiger partial charge in [0.15, 0.2) is 12.1 Å². The summed E-state index contributed by atoms with van der Waals surface area (Å²) in [5.41, 5.74) is 0. The van der Waals surface area contributed by atoms with Crippen LogP contribution in [-0.2, 0) is 14.2 Å². The molecule has 0 amide bonds. The van der Waals surface area contributed by atoms with Gasteiger partial charge < -0.3 is 29.5 Å². The molecular weight excluding hydrogens is 204 g/mol. The van der Waals surface area contributed by atoms with Crippen LogP contribution in [0.4, 0.5) is 0 Å². The number of rotatable bonds is 2. The minimum absolute atomic E-state index is 0.468. The Balaban J connectivity index is 2.05. The maximum absolute atomic E-state index is 9.79. The number of aliphatic hydroxyl groups excluding tert-OH is 3. The van der Waals surface area contributed by atoms with Crippen molar-refractivity contribution in [1.82, 2.24) is 0 Å². The monoisotopic (exact) mass is 220 g/mol. The van der Waals surface area contributed by atoms with Crippen molar-refractivity contribution in [2.24, 2.45) is 0 Å². The number of aliphatic hydroxyl groups is 3. The highest BCUT2D eigenvalue weighted by Gasteiger charge is 2.55. The summed E-state index contributed by atoms with van der Waals surface area (Å²) in [6.07, 6.45) is -4.26. The number of hydrogen-bond acceptors (Lipinski definition) is 6. The quantitative estimate of drug-likeness (QED) is 0.529. The van der Waals surface area contributed by atoms with Crippen molar-refractivity contribution in [2.45, 2.75) is 50.3 Å². The molecule has 6 nitrogen and oxygen atoms in total. The lowest BCUT2D eigenvalue weighted by Gasteiger charge is -2.24. The van der Waals surface area contributed by atoms with Crippen molar-refractivity contribution in [1.29, 1.82) is 0 Å². The van der Waals surface area contributed by atoms with Crippen LogP contribution in [0.1, 0.15) is 13.8 Å². The van der Waals surface area contributed by atoms with E-state index in [1.165, 1.54) is 0 Å². The third-order valence-corrected chi connectivity index (χ3v) is 2.62. The molecule has 2 aliphatic heterocycles. The third kappa shape index (κ3) is 1.89. The van der Waals surface area contributed by atoms with Crippen molar-refractivity contribution in [2.75, 3.05) is 6.61 Å². The molecule has 2 heterocycles. The standard InChI is InChI=1S/C9H16O6/c1-9(2)14-7-5(12)6(4(11)3-10)13-8(7)15-9/h4-8,10-12H,3H2,1-2H3/t4-,5+,6+,7+,8+/m1/s1. The average Bonchev–Trinajstić information content (AvgIpc) is 2.60. The number of ether oxygens (including phenoxy) is 3. The lowest BCUT2D eigenvalue weighted by atomic mass is 10.1. The van der Waals surface area contributed by atoms with E-state index in [-0.39, 0.29) is 0 Å². The minimum atomic E-state index is -1.12. The van der Waals surface area contributed by atoms with E-state index in [1.54, 1.807) is 13.8 Å². The van der Waals surface area contributed by atoms with Crippen LogP contribution in [0.25, 0.3) is 0 Å². The normalized spacial score (nSPS) is 45.4. The molecule has 0 spiro atoms. The first-order valence-electron chi connectivity index (χ1n) is 4.93. The molecule has 0 saturated carbocycles. The minimum Gasteiger partial charge on any atom is -0.394 e. The van der Waals surface area contributed by atoms with Gasteiger partial charge in [-0.1, -0.05) is 0 Å². The fourth-order valence-corrected chi connectivity index (χ4v) is 1.94. The Bertz CT molecular complexity index is 243. The lowest BCUT2D eigenvalue weighted by Crippen LogP contribution is -2.42. The molecule has 2 rings (SSSR count). The maximum atomic E-state index is 9.79. The smallest absolute Gasteiger partial charge is 0.190 e. The SMILES string of the molecule is CC1(C)O[C@@H]2O[C@@H]([C@H](O)CO)[C@H](O)[C@@H]2O1. The largest absolute Gasteiger partial charge is 0.394 e. The Hall–Kier alpha value is -0.240. The Morgan fingerprint density at radius 3 is 2.53 bits per heavy atom. The van der Waals surface area contributed by atoms with Gasteiger partial charge in [0.25, 0.3) is 0 Å². The maximum Gasteiger partial charge on any atom is 0.190 e. The zero-order chi connectivity index (χ0) is 11.2. The van der Waals surface area contributed by atoms with E-state index in [1.807, 2.05) is 0 Å². The second-order valence-corrected chi connectivity index (χ2v) is 4.31. The summed E-state index contributed by atoms with van der Waals surface area (Å²) in [5, 5.41) is 27.9. The first-order valence-corrected chi connectivity index (χ1v) is 4.93. The van der Waals surface area contributed by atoms with Gasteiger partial charge in [0.1, 0.15) is 24.4 Å². The zero-order valence-corrected chi connectivity index (χ0v) is 8.66. The van der Waals surface area contributed by atoms with Gasteiger partial charge >= 0.3 is 0 Å². The molecule has 0 aromatic heterocycles.